The highest BCUT2D eigenvalue weighted by Gasteiger charge is 1.86. The highest BCUT2D eigenvalue weighted by molar-refractivity contribution is 5.59. The summed E-state index contributed by atoms with van der Waals surface area (Å²) in [6, 6.07) is 9.69. The predicted octanol–water partition coefficient (Wildman–Crippen LogP) is 4.69. The Kier molecular flexibility index (Phi) is 23.9. The van der Waals surface area contributed by atoms with Gasteiger partial charge >= 0.3 is 0 Å². The zero-order valence-electron chi connectivity index (χ0n) is 11.2. The topological polar surface area (TPSA) is 26.0 Å². The van der Waals surface area contributed by atoms with Crippen molar-refractivity contribution in [3.05, 3.63) is 42.5 Å². The van der Waals surface area contributed by atoms with Crippen molar-refractivity contribution in [1.82, 2.24) is 0 Å². The summed E-state index contributed by atoms with van der Waals surface area (Å²) in [5.74, 6) is 0. The van der Waals surface area contributed by atoms with Crippen LogP contribution in [0, 0.1) is 0 Å². The summed E-state index contributed by atoms with van der Waals surface area (Å²) in [4.78, 5) is 0. The van der Waals surface area contributed by atoms with Crippen LogP contribution in [-0.2, 0) is 0 Å². The molecule has 2 N–H and O–H groups in total. The van der Waals surface area contributed by atoms with Gasteiger partial charge in [0, 0.05) is 5.70 Å². The Hall–Kier alpha value is -1.24. The molecule has 1 heteroatoms. The van der Waals surface area contributed by atoms with Gasteiger partial charge in [-0.1, -0.05) is 78.5 Å². The first kappa shape index (κ1) is 19.4. The van der Waals surface area contributed by atoms with E-state index in [1.54, 1.807) is 0 Å². The van der Waals surface area contributed by atoms with Crippen LogP contribution in [0.2, 0.25) is 0 Å². The third kappa shape index (κ3) is 12.8. The summed E-state index contributed by atoms with van der Waals surface area (Å²) in [5.41, 5.74) is 7.04. The molecule has 1 aromatic carbocycles. The maximum atomic E-state index is 5.42. The van der Waals surface area contributed by atoms with E-state index in [-0.39, 0.29) is 0 Å². The van der Waals surface area contributed by atoms with Crippen molar-refractivity contribution in [3.63, 3.8) is 0 Å². The fraction of sp³-hybridized carbons (Fsp3) is 0.429. The van der Waals surface area contributed by atoms with Crippen molar-refractivity contribution < 1.29 is 0 Å². The minimum atomic E-state index is 0.621. The number of rotatable bonds is 1. The first-order valence-electron chi connectivity index (χ1n) is 5.80. The van der Waals surface area contributed by atoms with E-state index in [4.69, 9.17) is 5.73 Å². The van der Waals surface area contributed by atoms with Crippen LogP contribution in [0.25, 0.3) is 5.70 Å². The van der Waals surface area contributed by atoms with Gasteiger partial charge < -0.3 is 5.73 Å². The second kappa shape index (κ2) is 18.5. The summed E-state index contributed by atoms with van der Waals surface area (Å²) in [7, 11) is 0. The monoisotopic (exact) mass is 209 g/mol. The number of nitrogens with two attached hydrogens (primary N) is 1. The van der Waals surface area contributed by atoms with Crippen LogP contribution in [0.5, 0.6) is 0 Å². The van der Waals surface area contributed by atoms with Gasteiger partial charge in [0.15, 0.2) is 0 Å². The Labute approximate surface area is 96.0 Å². The molecule has 0 aliphatic rings. The highest BCUT2D eigenvalue weighted by Crippen LogP contribution is 2.03. The number of benzene rings is 1. The van der Waals surface area contributed by atoms with Gasteiger partial charge in [-0.25, -0.2) is 0 Å². The summed E-state index contributed by atoms with van der Waals surface area (Å²) in [6.07, 6.45) is 0. The van der Waals surface area contributed by atoms with Gasteiger partial charge in [0.05, 0.1) is 0 Å². The smallest absolute Gasteiger partial charge is 0.0314 e. The molecule has 0 spiro atoms. The third-order valence-corrected chi connectivity index (χ3v) is 1.14. The molecule has 0 aliphatic carbocycles. The molecule has 0 unspecified atom stereocenters. The Bertz CT molecular complexity index is 202. The lowest BCUT2D eigenvalue weighted by Gasteiger charge is -1.95. The van der Waals surface area contributed by atoms with Gasteiger partial charge in [-0.15, -0.1) is 0 Å². The standard InChI is InChI=1S/C8H9N.3C2H6/c1-7(9)8-5-3-2-4-6-8;3*1-2/h2-6H,1,9H2;3*1-2H3. The minimum Gasteiger partial charge on any atom is -0.399 e. The normalized spacial score (nSPS) is 6.53. The molecule has 1 rings (SSSR count). The van der Waals surface area contributed by atoms with E-state index >= 15 is 0 Å². The molecule has 0 aromatic heterocycles. The fourth-order valence-corrected chi connectivity index (χ4v) is 0.652. The van der Waals surface area contributed by atoms with E-state index in [2.05, 4.69) is 6.58 Å². The molecule has 1 aromatic rings. The average molecular weight is 209 g/mol. The Morgan fingerprint density at radius 3 is 1.40 bits per heavy atom. The van der Waals surface area contributed by atoms with Crippen molar-refractivity contribution in [1.29, 1.82) is 0 Å². The van der Waals surface area contributed by atoms with Gasteiger partial charge in [0.2, 0.25) is 0 Å². The van der Waals surface area contributed by atoms with Crippen LogP contribution in [0.1, 0.15) is 47.1 Å². The number of hydrogen-bond acceptors (Lipinski definition) is 1. The summed E-state index contributed by atoms with van der Waals surface area (Å²) >= 11 is 0. The van der Waals surface area contributed by atoms with Gasteiger partial charge in [-0.3, -0.25) is 0 Å². The third-order valence-electron chi connectivity index (χ3n) is 1.14. The van der Waals surface area contributed by atoms with Crippen LogP contribution in [0.15, 0.2) is 36.9 Å². The lowest BCUT2D eigenvalue weighted by molar-refractivity contribution is 1.50. The van der Waals surface area contributed by atoms with Crippen molar-refractivity contribution in [2.75, 3.05) is 0 Å². The van der Waals surface area contributed by atoms with Crippen molar-refractivity contribution in [3.8, 4) is 0 Å². The molecule has 15 heavy (non-hydrogen) atoms. The first-order valence-corrected chi connectivity index (χ1v) is 5.80. The van der Waals surface area contributed by atoms with Crippen LogP contribution in [0.4, 0.5) is 0 Å². The molecule has 0 fully saturated rings. The predicted molar refractivity (Wildman–Crippen MR) is 73.7 cm³/mol. The molecule has 1 nitrogen and oxygen atoms in total. The van der Waals surface area contributed by atoms with Gasteiger partial charge in [0.25, 0.3) is 0 Å². The van der Waals surface area contributed by atoms with Gasteiger partial charge in [-0.2, -0.15) is 0 Å². The summed E-state index contributed by atoms with van der Waals surface area (Å²) < 4.78 is 0. The zero-order chi connectivity index (χ0) is 12.7. The van der Waals surface area contributed by atoms with Crippen molar-refractivity contribution in [2.45, 2.75) is 41.5 Å². The fourth-order valence-electron chi connectivity index (χ4n) is 0.652. The lowest BCUT2D eigenvalue weighted by atomic mass is 10.2. The van der Waals surface area contributed by atoms with E-state index in [1.807, 2.05) is 71.9 Å². The zero-order valence-corrected chi connectivity index (χ0v) is 11.2. The van der Waals surface area contributed by atoms with Crippen molar-refractivity contribution >= 4 is 5.70 Å². The maximum absolute atomic E-state index is 5.42. The van der Waals surface area contributed by atoms with E-state index < -0.39 is 0 Å². The molecule has 88 valence electrons. The Morgan fingerprint density at radius 2 is 1.20 bits per heavy atom. The molecule has 0 bridgehead atoms. The first-order chi connectivity index (χ1) is 7.30. The molecule has 0 amide bonds. The molecular weight excluding hydrogens is 182 g/mol. The van der Waals surface area contributed by atoms with E-state index in [0.29, 0.717) is 5.70 Å². The van der Waals surface area contributed by atoms with Gasteiger partial charge in [-0.05, 0) is 5.56 Å². The number of hydrogen-bond donors (Lipinski definition) is 1. The van der Waals surface area contributed by atoms with Gasteiger partial charge in [0.1, 0.15) is 0 Å². The molecule has 0 saturated carbocycles. The Balaban J connectivity index is -0.000000208. The maximum Gasteiger partial charge on any atom is 0.0314 e. The van der Waals surface area contributed by atoms with Crippen LogP contribution >= 0.6 is 0 Å². The lowest BCUT2D eigenvalue weighted by Crippen LogP contribution is -1.91. The van der Waals surface area contributed by atoms with E-state index in [0.717, 1.165) is 5.56 Å². The molecule has 0 radical (unpaired) electrons. The summed E-state index contributed by atoms with van der Waals surface area (Å²) in [5, 5.41) is 0. The SMILES string of the molecule is C=C(N)c1ccccc1.CC.CC.CC. The molecule has 0 aliphatic heterocycles. The highest BCUT2D eigenvalue weighted by atomic mass is 14.6. The largest absolute Gasteiger partial charge is 0.399 e. The second-order valence-electron chi connectivity index (χ2n) is 1.89. The average Bonchev–Trinajstić information content (AvgIpc) is 2.38. The Morgan fingerprint density at radius 1 is 0.867 bits per heavy atom. The minimum absolute atomic E-state index is 0.621. The van der Waals surface area contributed by atoms with Crippen LogP contribution in [-0.4, -0.2) is 0 Å². The summed E-state index contributed by atoms with van der Waals surface area (Å²) in [6.45, 7) is 15.6. The van der Waals surface area contributed by atoms with Crippen molar-refractivity contribution in [2.24, 2.45) is 5.73 Å². The molecular formula is C14H27N. The van der Waals surface area contributed by atoms with E-state index in [1.165, 1.54) is 0 Å². The molecule has 0 atom stereocenters. The molecule has 0 heterocycles. The quantitative estimate of drug-likeness (QED) is 0.713. The molecule has 0 saturated heterocycles. The second-order valence-corrected chi connectivity index (χ2v) is 1.89. The van der Waals surface area contributed by atoms with Crippen LogP contribution in [0.3, 0.4) is 0 Å². The van der Waals surface area contributed by atoms with E-state index in [9.17, 15) is 0 Å². The van der Waals surface area contributed by atoms with Crippen LogP contribution < -0.4 is 5.73 Å².